The van der Waals surface area contributed by atoms with Crippen LogP contribution in [0.4, 0.5) is 10.2 Å². The van der Waals surface area contributed by atoms with Crippen LogP contribution in [0.1, 0.15) is 19.3 Å². The molecule has 1 fully saturated rings. The van der Waals surface area contributed by atoms with Gasteiger partial charge in [-0.15, -0.1) is 0 Å². The minimum Gasteiger partial charge on any atom is -0.370 e. The quantitative estimate of drug-likeness (QED) is 0.898. The molecule has 1 saturated heterocycles. The Balaban J connectivity index is 1.65. The highest BCUT2D eigenvalue weighted by atomic mass is 19.1. The summed E-state index contributed by atoms with van der Waals surface area (Å²) < 4.78 is 13.2. The summed E-state index contributed by atoms with van der Waals surface area (Å²) in [6, 6.07) is 6.68. The fourth-order valence-corrected chi connectivity index (χ4v) is 2.85. The second-order valence-electron chi connectivity index (χ2n) is 5.43. The zero-order chi connectivity index (χ0) is 13.8. The highest BCUT2D eigenvalue weighted by molar-refractivity contribution is 5.91. The van der Waals surface area contributed by atoms with E-state index in [1.54, 1.807) is 18.3 Å². The minimum absolute atomic E-state index is 0.204. The van der Waals surface area contributed by atoms with Crippen molar-refractivity contribution < 1.29 is 4.39 Å². The Morgan fingerprint density at radius 3 is 2.95 bits per heavy atom. The number of nitrogens with zero attached hydrogens (tertiary/aromatic N) is 1. The number of fused-ring (bicyclic) bond motifs is 1. The summed E-state index contributed by atoms with van der Waals surface area (Å²) in [5, 5.41) is 8.66. The van der Waals surface area contributed by atoms with E-state index in [0.717, 1.165) is 42.1 Å². The maximum atomic E-state index is 13.2. The van der Waals surface area contributed by atoms with Crippen LogP contribution in [-0.4, -0.2) is 24.6 Å². The molecule has 1 aromatic carbocycles. The van der Waals surface area contributed by atoms with Gasteiger partial charge in [-0.05, 0) is 67.9 Å². The molecule has 0 radical (unpaired) electrons. The van der Waals surface area contributed by atoms with E-state index in [0.29, 0.717) is 0 Å². The first-order chi connectivity index (χ1) is 9.83. The smallest absolute Gasteiger partial charge is 0.133 e. The van der Waals surface area contributed by atoms with Crippen molar-refractivity contribution in [2.24, 2.45) is 5.92 Å². The molecule has 2 heterocycles. The summed E-state index contributed by atoms with van der Waals surface area (Å²) in [7, 11) is 0. The van der Waals surface area contributed by atoms with Gasteiger partial charge in [0.2, 0.25) is 0 Å². The number of anilines is 1. The highest BCUT2D eigenvalue weighted by Crippen LogP contribution is 2.22. The van der Waals surface area contributed by atoms with Crippen molar-refractivity contribution in [3.05, 3.63) is 36.3 Å². The standard InChI is InChI=1S/C16H20FN3/c17-14-1-2-15-13(11-14)6-10-20-16(15)19-9-5-12-3-7-18-8-4-12/h1-2,6,10-12,18H,3-5,7-9H2,(H,19,20). The Morgan fingerprint density at radius 2 is 2.10 bits per heavy atom. The van der Waals surface area contributed by atoms with E-state index in [4.69, 9.17) is 0 Å². The van der Waals surface area contributed by atoms with E-state index in [1.165, 1.54) is 25.3 Å². The first-order valence-corrected chi connectivity index (χ1v) is 7.32. The van der Waals surface area contributed by atoms with Gasteiger partial charge in [0.25, 0.3) is 0 Å². The second kappa shape index (κ2) is 6.18. The van der Waals surface area contributed by atoms with Crippen molar-refractivity contribution in [3.8, 4) is 0 Å². The number of pyridine rings is 1. The molecule has 3 rings (SSSR count). The van der Waals surface area contributed by atoms with E-state index in [9.17, 15) is 4.39 Å². The van der Waals surface area contributed by atoms with Gasteiger partial charge in [-0.2, -0.15) is 0 Å². The number of halogens is 1. The van der Waals surface area contributed by atoms with Gasteiger partial charge in [0.15, 0.2) is 0 Å². The van der Waals surface area contributed by atoms with Crippen molar-refractivity contribution in [1.29, 1.82) is 0 Å². The second-order valence-corrected chi connectivity index (χ2v) is 5.43. The summed E-state index contributed by atoms with van der Waals surface area (Å²) in [4.78, 5) is 4.37. The van der Waals surface area contributed by atoms with Gasteiger partial charge in [-0.3, -0.25) is 0 Å². The van der Waals surface area contributed by atoms with Crippen LogP contribution in [0.3, 0.4) is 0 Å². The Bertz CT molecular complexity index is 579. The fraction of sp³-hybridized carbons (Fsp3) is 0.438. The molecule has 1 aliphatic rings. The molecular weight excluding hydrogens is 253 g/mol. The van der Waals surface area contributed by atoms with Crippen LogP contribution in [0.2, 0.25) is 0 Å². The van der Waals surface area contributed by atoms with Gasteiger partial charge in [-0.1, -0.05) is 0 Å². The molecule has 0 spiro atoms. The molecule has 106 valence electrons. The van der Waals surface area contributed by atoms with Gasteiger partial charge in [0.1, 0.15) is 11.6 Å². The molecular formula is C16H20FN3. The monoisotopic (exact) mass is 273 g/mol. The van der Waals surface area contributed by atoms with Gasteiger partial charge in [0.05, 0.1) is 0 Å². The zero-order valence-electron chi connectivity index (χ0n) is 11.5. The van der Waals surface area contributed by atoms with Gasteiger partial charge >= 0.3 is 0 Å². The van der Waals surface area contributed by atoms with E-state index in [-0.39, 0.29) is 5.82 Å². The molecule has 3 nitrogen and oxygen atoms in total. The molecule has 0 bridgehead atoms. The largest absolute Gasteiger partial charge is 0.370 e. The minimum atomic E-state index is -0.204. The van der Waals surface area contributed by atoms with Crippen molar-refractivity contribution >= 4 is 16.6 Å². The van der Waals surface area contributed by atoms with E-state index < -0.39 is 0 Å². The number of aromatic nitrogens is 1. The summed E-state index contributed by atoms with van der Waals surface area (Å²) >= 11 is 0. The number of benzene rings is 1. The van der Waals surface area contributed by atoms with Crippen molar-refractivity contribution in [2.45, 2.75) is 19.3 Å². The summed E-state index contributed by atoms with van der Waals surface area (Å²) in [5.41, 5.74) is 0. The summed E-state index contributed by atoms with van der Waals surface area (Å²) in [6.07, 6.45) is 5.42. The first kappa shape index (κ1) is 13.3. The molecule has 0 unspecified atom stereocenters. The third kappa shape index (κ3) is 3.07. The summed E-state index contributed by atoms with van der Waals surface area (Å²) in [6.45, 7) is 3.20. The predicted octanol–water partition coefficient (Wildman–Crippen LogP) is 3.18. The van der Waals surface area contributed by atoms with Gasteiger partial charge in [0, 0.05) is 18.1 Å². The molecule has 0 amide bonds. The average molecular weight is 273 g/mol. The Labute approximate surface area is 118 Å². The number of hydrogen-bond acceptors (Lipinski definition) is 3. The number of hydrogen-bond donors (Lipinski definition) is 2. The molecule has 1 aromatic heterocycles. The molecule has 2 aromatic rings. The maximum absolute atomic E-state index is 13.2. The van der Waals surface area contributed by atoms with Crippen LogP contribution in [0.5, 0.6) is 0 Å². The topological polar surface area (TPSA) is 37.0 Å². The van der Waals surface area contributed by atoms with E-state index in [2.05, 4.69) is 15.6 Å². The van der Waals surface area contributed by atoms with E-state index in [1.807, 2.05) is 6.07 Å². The highest BCUT2D eigenvalue weighted by Gasteiger charge is 2.12. The van der Waals surface area contributed by atoms with Crippen LogP contribution < -0.4 is 10.6 Å². The third-order valence-corrected chi connectivity index (χ3v) is 4.03. The lowest BCUT2D eigenvalue weighted by Crippen LogP contribution is -2.28. The van der Waals surface area contributed by atoms with Crippen LogP contribution in [0.25, 0.3) is 10.8 Å². The predicted molar refractivity (Wildman–Crippen MR) is 80.4 cm³/mol. The first-order valence-electron chi connectivity index (χ1n) is 7.32. The van der Waals surface area contributed by atoms with Crippen LogP contribution >= 0.6 is 0 Å². The van der Waals surface area contributed by atoms with Crippen LogP contribution in [0, 0.1) is 11.7 Å². The lowest BCUT2D eigenvalue weighted by Gasteiger charge is -2.22. The normalized spacial score (nSPS) is 16.4. The molecule has 0 saturated carbocycles. The molecule has 20 heavy (non-hydrogen) atoms. The zero-order valence-corrected chi connectivity index (χ0v) is 11.5. The number of rotatable bonds is 4. The third-order valence-electron chi connectivity index (χ3n) is 4.03. The Morgan fingerprint density at radius 1 is 1.25 bits per heavy atom. The number of nitrogens with one attached hydrogen (secondary N) is 2. The molecule has 2 N–H and O–H groups in total. The van der Waals surface area contributed by atoms with Crippen molar-refractivity contribution in [3.63, 3.8) is 0 Å². The Hall–Kier alpha value is -1.68. The molecule has 0 atom stereocenters. The average Bonchev–Trinajstić information content (AvgIpc) is 2.48. The SMILES string of the molecule is Fc1ccc2c(NCCC3CCNCC3)nccc2c1. The van der Waals surface area contributed by atoms with Gasteiger partial charge < -0.3 is 10.6 Å². The van der Waals surface area contributed by atoms with Crippen molar-refractivity contribution in [1.82, 2.24) is 10.3 Å². The lowest BCUT2D eigenvalue weighted by atomic mass is 9.95. The lowest BCUT2D eigenvalue weighted by molar-refractivity contribution is 0.361. The van der Waals surface area contributed by atoms with Crippen LogP contribution in [-0.2, 0) is 0 Å². The van der Waals surface area contributed by atoms with Gasteiger partial charge in [-0.25, -0.2) is 9.37 Å². The molecule has 1 aliphatic heterocycles. The number of piperidine rings is 1. The van der Waals surface area contributed by atoms with Crippen LogP contribution in [0.15, 0.2) is 30.5 Å². The van der Waals surface area contributed by atoms with E-state index >= 15 is 0 Å². The molecule has 0 aliphatic carbocycles. The maximum Gasteiger partial charge on any atom is 0.133 e. The fourth-order valence-electron chi connectivity index (χ4n) is 2.85. The summed E-state index contributed by atoms with van der Waals surface area (Å²) in [5.74, 6) is 1.46. The van der Waals surface area contributed by atoms with Crippen molar-refractivity contribution in [2.75, 3.05) is 25.0 Å². The Kier molecular flexibility index (Phi) is 4.11. The molecule has 4 heteroatoms.